The van der Waals surface area contributed by atoms with E-state index in [1.165, 1.54) is 12.5 Å². The Balaban J connectivity index is 1.79. The number of imidazole rings is 1. The minimum Gasteiger partial charge on any atom is -0.480 e. The number of aromatic nitrogens is 3. The number of aliphatic carboxylic acids is 1. The van der Waals surface area contributed by atoms with Gasteiger partial charge in [-0.15, -0.1) is 0 Å². The third-order valence-corrected chi connectivity index (χ3v) is 6.44. The third kappa shape index (κ3) is 9.03. The molecule has 0 radical (unpaired) electrons. The van der Waals surface area contributed by atoms with Gasteiger partial charge in [-0.05, 0) is 24.5 Å². The standard InChI is InChI=1S/C26H36N10O6/c27-17(12-37)22(38)35-20(9-15-11-30-13-33-15)24(40)34-19(6-3-7-31-26(28)29)23(39)36-21(25(41)42)8-14-10-32-18-5-2-1-4-16(14)18/h1-2,4-5,10-11,13,17,19-21,32,37H,3,6-9,12,27H2,(H,30,33)(H,34,40)(H,35,38)(H,36,39)(H,41,42)(H4,28,29,31). The van der Waals surface area contributed by atoms with E-state index in [-0.39, 0.29) is 38.2 Å². The van der Waals surface area contributed by atoms with Gasteiger partial charge in [0.05, 0.1) is 12.9 Å². The Hall–Kier alpha value is -4.96. The zero-order valence-electron chi connectivity index (χ0n) is 22.7. The molecule has 4 atom stereocenters. The van der Waals surface area contributed by atoms with Crippen LogP contribution >= 0.6 is 0 Å². The number of nitrogens with two attached hydrogens (primary N) is 3. The smallest absolute Gasteiger partial charge is 0.326 e. The summed E-state index contributed by atoms with van der Waals surface area (Å²) in [6.07, 6.45) is 4.80. The lowest BCUT2D eigenvalue weighted by molar-refractivity contribution is -0.142. The first-order valence-electron chi connectivity index (χ1n) is 13.2. The monoisotopic (exact) mass is 584 g/mol. The number of guanidine groups is 1. The number of carboxylic acid groups (broad SMARTS) is 1. The van der Waals surface area contributed by atoms with Gasteiger partial charge < -0.3 is 53.3 Å². The van der Waals surface area contributed by atoms with Crippen molar-refractivity contribution < 1.29 is 29.4 Å². The van der Waals surface area contributed by atoms with Crippen LogP contribution in [0.4, 0.5) is 0 Å². The minimum absolute atomic E-state index is 0.0166. The van der Waals surface area contributed by atoms with E-state index >= 15 is 0 Å². The van der Waals surface area contributed by atoms with Crippen LogP contribution < -0.4 is 33.2 Å². The normalized spacial score (nSPS) is 13.9. The van der Waals surface area contributed by atoms with Crippen LogP contribution in [0.3, 0.4) is 0 Å². The number of aromatic amines is 2. The number of para-hydroxylation sites is 1. The molecule has 0 saturated heterocycles. The van der Waals surface area contributed by atoms with Crippen LogP contribution in [0, 0.1) is 0 Å². The van der Waals surface area contributed by atoms with E-state index in [2.05, 4.69) is 35.9 Å². The summed E-state index contributed by atoms with van der Waals surface area (Å²) in [6.45, 7) is -0.494. The Labute approximate surface area is 240 Å². The molecule has 4 unspecified atom stereocenters. The highest BCUT2D eigenvalue weighted by atomic mass is 16.4. The number of aliphatic imine (C=N–C) groups is 1. The molecule has 16 nitrogen and oxygen atoms in total. The van der Waals surface area contributed by atoms with Gasteiger partial charge in [-0.1, -0.05) is 18.2 Å². The lowest BCUT2D eigenvalue weighted by Gasteiger charge is -2.25. The van der Waals surface area contributed by atoms with E-state index in [4.69, 9.17) is 17.2 Å². The average Bonchev–Trinajstić information content (AvgIpc) is 3.63. The topological polar surface area (TPSA) is 280 Å². The van der Waals surface area contributed by atoms with Gasteiger partial charge in [0.15, 0.2) is 5.96 Å². The van der Waals surface area contributed by atoms with Crippen molar-refractivity contribution >= 4 is 40.6 Å². The molecule has 0 aliphatic rings. The fourth-order valence-electron chi connectivity index (χ4n) is 4.22. The maximum atomic E-state index is 13.4. The lowest BCUT2D eigenvalue weighted by Crippen LogP contribution is -2.58. The number of carboxylic acids is 1. The largest absolute Gasteiger partial charge is 0.480 e. The Kier molecular flexibility index (Phi) is 11.4. The number of hydrogen-bond donors (Lipinski definition) is 10. The van der Waals surface area contributed by atoms with Crippen molar-refractivity contribution in [2.24, 2.45) is 22.2 Å². The quantitative estimate of drug-likeness (QED) is 0.0483. The van der Waals surface area contributed by atoms with Crippen molar-refractivity contribution in [3.63, 3.8) is 0 Å². The van der Waals surface area contributed by atoms with Gasteiger partial charge in [-0.3, -0.25) is 19.4 Å². The number of benzene rings is 1. The highest BCUT2D eigenvalue weighted by Gasteiger charge is 2.31. The highest BCUT2D eigenvalue weighted by Crippen LogP contribution is 2.19. The summed E-state index contributed by atoms with van der Waals surface area (Å²) in [7, 11) is 0. The van der Waals surface area contributed by atoms with Gasteiger partial charge in [0, 0.05) is 48.4 Å². The fourth-order valence-corrected chi connectivity index (χ4v) is 4.22. The SMILES string of the molecule is NC(N)=NCCCC(NC(=O)C(Cc1cnc[nH]1)NC(=O)C(N)CO)C(=O)NC(Cc1c[nH]c2ccccc12)C(=O)O. The first kappa shape index (κ1) is 31.6. The maximum absolute atomic E-state index is 13.4. The summed E-state index contributed by atoms with van der Waals surface area (Å²) in [5.74, 6) is -3.68. The van der Waals surface area contributed by atoms with Gasteiger partial charge in [-0.25, -0.2) is 9.78 Å². The molecular weight excluding hydrogens is 548 g/mol. The molecule has 0 aliphatic heterocycles. The number of fused-ring (bicyclic) bond motifs is 1. The maximum Gasteiger partial charge on any atom is 0.326 e. The summed E-state index contributed by atoms with van der Waals surface area (Å²) >= 11 is 0. The van der Waals surface area contributed by atoms with E-state index in [1.54, 1.807) is 6.20 Å². The number of aliphatic hydroxyl groups is 1. The van der Waals surface area contributed by atoms with E-state index in [0.29, 0.717) is 11.3 Å². The molecular formula is C26H36N10O6. The number of carbonyl (C=O) groups is 4. The molecule has 226 valence electrons. The molecule has 0 bridgehead atoms. The van der Waals surface area contributed by atoms with Gasteiger partial charge in [0.2, 0.25) is 17.7 Å². The molecule has 0 aliphatic carbocycles. The summed E-state index contributed by atoms with van der Waals surface area (Å²) in [6, 6.07) is 2.36. The van der Waals surface area contributed by atoms with Gasteiger partial charge in [-0.2, -0.15) is 0 Å². The number of rotatable bonds is 16. The first-order chi connectivity index (χ1) is 20.1. The predicted octanol–water partition coefficient (Wildman–Crippen LogP) is -2.41. The molecule has 42 heavy (non-hydrogen) atoms. The number of H-pyrrole nitrogens is 2. The Bertz CT molecular complexity index is 1390. The second-order valence-corrected chi connectivity index (χ2v) is 9.60. The van der Waals surface area contributed by atoms with Crippen LogP contribution in [0.15, 0.2) is 48.0 Å². The second kappa shape index (κ2) is 15.2. The van der Waals surface area contributed by atoms with Gasteiger partial charge in [0.25, 0.3) is 0 Å². The number of nitrogens with one attached hydrogen (secondary N) is 5. The highest BCUT2D eigenvalue weighted by molar-refractivity contribution is 5.94. The third-order valence-electron chi connectivity index (χ3n) is 6.44. The molecule has 1 aromatic carbocycles. The molecule has 2 heterocycles. The molecule has 16 heteroatoms. The van der Waals surface area contributed by atoms with Crippen molar-refractivity contribution in [2.45, 2.75) is 49.9 Å². The van der Waals surface area contributed by atoms with Crippen LogP contribution in [-0.4, -0.2) is 92.1 Å². The van der Waals surface area contributed by atoms with E-state index in [9.17, 15) is 29.4 Å². The number of nitrogens with zero attached hydrogens (tertiary/aromatic N) is 2. The summed E-state index contributed by atoms with van der Waals surface area (Å²) in [5, 5.41) is 27.5. The van der Waals surface area contributed by atoms with E-state index < -0.39 is 54.5 Å². The van der Waals surface area contributed by atoms with Crippen molar-refractivity contribution in [3.8, 4) is 0 Å². The Morgan fingerprint density at radius 2 is 1.64 bits per heavy atom. The number of aliphatic hydroxyl groups excluding tert-OH is 1. The van der Waals surface area contributed by atoms with Crippen LogP contribution in [0.25, 0.3) is 10.9 Å². The van der Waals surface area contributed by atoms with Crippen molar-refractivity contribution in [2.75, 3.05) is 13.2 Å². The van der Waals surface area contributed by atoms with E-state index in [0.717, 1.165) is 10.9 Å². The van der Waals surface area contributed by atoms with Crippen LogP contribution in [0.2, 0.25) is 0 Å². The molecule has 3 rings (SSSR count). The molecule has 0 saturated carbocycles. The minimum atomic E-state index is -1.31. The zero-order chi connectivity index (χ0) is 30.6. The molecule has 0 fully saturated rings. The van der Waals surface area contributed by atoms with Crippen molar-refractivity contribution in [1.82, 2.24) is 30.9 Å². The fraction of sp³-hybridized carbons (Fsp3) is 0.385. The number of carbonyl (C=O) groups excluding carboxylic acids is 3. The number of amides is 3. The van der Waals surface area contributed by atoms with E-state index in [1.807, 2.05) is 24.3 Å². The average molecular weight is 585 g/mol. The number of hydrogen-bond acceptors (Lipinski definition) is 8. The molecule has 2 aromatic heterocycles. The zero-order valence-corrected chi connectivity index (χ0v) is 22.7. The van der Waals surface area contributed by atoms with Gasteiger partial charge in [0.1, 0.15) is 24.2 Å². The van der Waals surface area contributed by atoms with Crippen LogP contribution in [-0.2, 0) is 32.0 Å². The first-order valence-corrected chi connectivity index (χ1v) is 13.2. The molecule has 3 aromatic rings. The van der Waals surface area contributed by atoms with Crippen molar-refractivity contribution in [3.05, 3.63) is 54.2 Å². The predicted molar refractivity (Wildman–Crippen MR) is 153 cm³/mol. The summed E-state index contributed by atoms with van der Waals surface area (Å²) in [5.41, 5.74) is 18.4. The Morgan fingerprint density at radius 3 is 2.31 bits per heavy atom. The molecule has 3 amide bonds. The molecule has 0 spiro atoms. The van der Waals surface area contributed by atoms with Crippen LogP contribution in [0.5, 0.6) is 0 Å². The van der Waals surface area contributed by atoms with Crippen molar-refractivity contribution in [1.29, 1.82) is 0 Å². The summed E-state index contributed by atoms with van der Waals surface area (Å²) in [4.78, 5) is 65.0. The second-order valence-electron chi connectivity index (χ2n) is 9.60. The molecule has 13 N–H and O–H groups in total. The lowest BCUT2D eigenvalue weighted by atomic mass is 10.0. The van der Waals surface area contributed by atoms with Gasteiger partial charge >= 0.3 is 5.97 Å². The van der Waals surface area contributed by atoms with Crippen LogP contribution in [0.1, 0.15) is 24.1 Å². The summed E-state index contributed by atoms with van der Waals surface area (Å²) < 4.78 is 0. The Morgan fingerprint density at radius 1 is 0.952 bits per heavy atom.